The molecular formula is C17H29N. The smallest absolute Gasteiger partial charge is 0.0135 e. The van der Waals surface area contributed by atoms with E-state index in [0.717, 1.165) is 5.92 Å². The molecule has 1 N–H and O–H groups in total. The summed E-state index contributed by atoms with van der Waals surface area (Å²) in [5.74, 6) is 1.48. The number of nitrogens with one attached hydrogen (secondary N) is 1. The molecule has 2 unspecified atom stereocenters. The Morgan fingerprint density at radius 3 is 2.00 bits per heavy atom. The van der Waals surface area contributed by atoms with E-state index in [1.54, 1.807) is 0 Å². The van der Waals surface area contributed by atoms with Gasteiger partial charge < -0.3 is 5.32 Å². The molecule has 0 aliphatic rings. The summed E-state index contributed by atoms with van der Waals surface area (Å²) in [6.45, 7) is 6.92. The molecule has 0 fully saturated rings. The highest BCUT2D eigenvalue weighted by molar-refractivity contribution is 5.21. The molecule has 0 aromatic heterocycles. The first-order chi connectivity index (χ1) is 8.76. The minimum absolute atomic E-state index is 0.599. The summed E-state index contributed by atoms with van der Waals surface area (Å²) < 4.78 is 0. The standard InChI is InChI=1S/C17H29N/c1-5-14(6-2)13-17(18-4)16(7-3)15-11-9-8-10-12-15/h8-12,14,16-18H,5-7,13H2,1-4H3. The third-order valence-electron chi connectivity index (χ3n) is 4.27. The first-order valence-electron chi connectivity index (χ1n) is 7.48. The van der Waals surface area contributed by atoms with Gasteiger partial charge in [-0.3, -0.25) is 0 Å². The van der Waals surface area contributed by atoms with E-state index >= 15 is 0 Å². The topological polar surface area (TPSA) is 12.0 Å². The SMILES string of the molecule is CCC(CC)CC(NC)C(CC)c1ccccc1. The van der Waals surface area contributed by atoms with Crippen LogP contribution >= 0.6 is 0 Å². The molecule has 2 atom stereocenters. The van der Waals surface area contributed by atoms with Gasteiger partial charge >= 0.3 is 0 Å². The van der Waals surface area contributed by atoms with Gasteiger partial charge in [0, 0.05) is 6.04 Å². The average Bonchev–Trinajstić information content (AvgIpc) is 2.44. The Bertz CT molecular complexity index is 303. The zero-order chi connectivity index (χ0) is 13.4. The molecule has 0 spiro atoms. The van der Waals surface area contributed by atoms with Crippen LogP contribution in [0.25, 0.3) is 0 Å². The molecular weight excluding hydrogens is 218 g/mol. The van der Waals surface area contributed by atoms with E-state index in [4.69, 9.17) is 0 Å². The van der Waals surface area contributed by atoms with Crippen LogP contribution in [0.1, 0.15) is 57.9 Å². The number of rotatable bonds is 8. The highest BCUT2D eigenvalue weighted by atomic mass is 14.9. The highest BCUT2D eigenvalue weighted by Gasteiger charge is 2.22. The average molecular weight is 247 g/mol. The molecule has 0 radical (unpaired) electrons. The second-order valence-electron chi connectivity index (χ2n) is 5.24. The summed E-state index contributed by atoms with van der Waals surface area (Å²) in [5.41, 5.74) is 1.48. The van der Waals surface area contributed by atoms with Crippen LogP contribution in [-0.4, -0.2) is 13.1 Å². The first-order valence-corrected chi connectivity index (χ1v) is 7.48. The molecule has 1 heteroatoms. The molecule has 1 rings (SSSR count). The third kappa shape index (κ3) is 4.13. The third-order valence-corrected chi connectivity index (χ3v) is 4.27. The Labute approximate surface area is 113 Å². The lowest BCUT2D eigenvalue weighted by Crippen LogP contribution is -2.34. The van der Waals surface area contributed by atoms with Crippen LogP contribution in [0.5, 0.6) is 0 Å². The lowest BCUT2D eigenvalue weighted by Gasteiger charge is -2.29. The molecule has 0 aliphatic carbocycles. The van der Waals surface area contributed by atoms with Crippen LogP contribution in [0.4, 0.5) is 0 Å². The molecule has 0 aliphatic heterocycles. The lowest BCUT2D eigenvalue weighted by atomic mass is 9.82. The van der Waals surface area contributed by atoms with Crippen molar-refractivity contribution < 1.29 is 0 Å². The Hall–Kier alpha value is -0.820. The summed E-state index contributed by atoms with van der Waals surface area (Å²) >= 11 is 0. The Kier molecular flexibility index (Phi) is 7.04. The minimum atomic E-state index is 0.599. The zero-order valence-corrected chi connectivity index (χ0v) is 12.4. The quantitative estimate of drug-likeness (QED) is 0.708. The monoisotopic (exact) mass is 247 g/mol. The van der Waals surface area contributed by atoms with E-state index in [2.05, 4.69) is 63.5 Å². The Morgan fingerprint density at radius 2 is 1.56 bits per heavy atom. The lowest BCUT2D eigenvalue weighted by molar-refractivity contribution is 0.336. The van der Waals surface area contributed by atoms with Gasteiger partial charge in [0.15, 0.2) is 0 Å². The fraction of sp³-hybridized carbons (Fsp3) is 0.647. The summed E-state index contributed by atoms with van der Waals surface area (Å²) in [6.07, 6.45) is 5.08. The molecule has 1 nitrogen and oxygen atoms in total. The molecule has 18 heavy (non-hydrogen) atoms. The summed E-state index contributed by atoms with van der Waals surface area (Å²) in [6, 6.07) is 11.5. The maximum absolute atomic E-state index is 3.55. The number of hydrogen-bond donors (Lipinski definition) is 1. The van der Waals surface area contributed by atoms with Gasteiger partial charge in [0.25, 0.3) is 0 Å². The van der Waals surface area contributed by atoms with Crippen LogP contribution < -0.4 is 5.32 Å². The predicted molar refractivity (Wildman–Crippen MR) is 81.0 cm³/mol. The molecule has 102 valence electrons. The minimum Gasteiger partial charge on any atom is -0.316 e. The largest absolute Gasteiger partial charge is 0.316 e. The van der Waals surface area contributed by atoms with Crippen LogP contribution in [0.15, 0.2) is 30.3 Å². The van der Waals surface area contributed by atoms with Gasteiger partial charge in [-0.15, -0.1) is 0 Å². The van der Waals surface area contributed by atoms with Crippen molar-refractivity contribution in [2.45, 2.75) is 58.4 Å². The second kappa shape index (κ2) is 8.31. The zero-order valence-electron chi connectivity index (χ0n) is 12.4. The van der Waals surface area contributed by atoms with Gasteiger partial charge in [0.05, 0.1) is 0 Å². The highest BCUT2D eigenvalue weighted by Crippen LogP contribution is 2.28. The molecule has 0 saturated heterocycles. The van der Waals surface area contributed by atoms with Gasteiger partial charge in [0.2, 0.25) is 0 Å². The van der Waals surface area contributed by atoms with Crippen molar-refractivity contribution >= 4 is 0 Å². The van der Waals surface area contributed by atoms with Crippen LogP contribution in [0, 0.1) is 5.92 Å². The van der Waals surface area contributed by atoms with Crippen molar-refractivity contribution in [1.82, 2.24) is 5.32 Å². The Morgan fingerprint density at radius 1 is 0.944 bits per heavy atom. The van der Waals surface area contributed by atoms with E-state index in [0.29, 0.717) is 12.0 Å². The fourth-order valence-corrected chi connectivity index (χ4v) is 2.92. The molecule has 0 saturated carbocycles. The number of likely N-dealkylation sites (N-methyl/N-ethyl adjacent to an activating group) is 1. The summed E-state index contributed by atoms with van der Waals surface area (Å²) in [5, 5.41) is 3.55. The number of benzene rings is 1. The van der Waals surface area contributed by atoms with Gasteiger partial charge in [-0.2, -0.15) is 0 Å². The van der Waals surface area contributed by atoms with Crippen LogP contribution in [0.3, 0.4) is 0 Å². The van der Waals surface area contributed by atoms with E-state index < -0.39 is 0 Å². The molecule has 1 aromatic rings. The van der Waals surface area contributed by atoms with Crippen molar-refractivity contribution in [3.8, 4) is 0 Å². The van der Waals surface area contributed by atoms with Gasteiger partial charge in [0.1, 0.15) is 0 Å². The van der Waals surface area contributed by atoms with Gasteiger partial charge in [-0.1, -0.05) is 63.9 Å². The van der Waals surface area contributed by atoms with Crippen LogP contribution in [-0.2, 0) is 0 Å². The maximum Gasteiger partial charge on any atom is 0.0135 e. The molecule has 0 heterocycles. The Balaban J connectivity index is 2.77. The normalized spacial score (nSPS) is 14.7. The van der Waals surface area contributed by atoms with Crippen molar-refractivity contribution in [2.24, 2.45) is 5.92 Å². The van der Waals surface area contributed by atoms with Gasteiger partial charge in [-0.05, 0) is 37.3 Å². The molecule has 0 bridgehead atoms. The molecule has 1 aromatic carbocycles. The van der Waals surface area contributed by atoms with E-state index in [1.807, 2.05) is 0 Å². The van der Waals surface area contributed by atoms with Crippen molar-refractivity contribution in [2.75, 3.05) is 7.05 Å². The van der Waals surface area contributed by atoms with E-state index in [-0.39, 0.29) is 0 Å². The second-order valence-corrected chi connectivity index (χ2v) is 5.24. The predicted octanol–water partition coefficient (Wildman–Crippen LogP) is 4.59. The fourth-order valence-electron chi connectivity index (χ4n) is 2.92. The molecule has 0 amide bonds. The summed E-state index contributed by atoms with van der Waals surface area (Å²) in [4.78, 5) is 0. The van der Waals surface area contributed by atoms with Crippen LogP contribution in [0.2, 0.25) is 0 Å². The first kappa shape index (κ1) is 15.2. The van der Waals surface area contributed by atoms with E-state index in [9.17, 15) is 0 Å². The van der Waals surface area contributed by atoms with Gasteiger partial charge in [-0.25, -0.2) is 0 Å². The maximum atomic E-state index is 3.55. The number of hydrogen-bond acceptors (Lipinski definition) is 1. The summed E-state index contributed by atoms with van der Waals surface area (Å²) in [7, 11) is 2.11. The van der Waals surface area contributed by atoms with Crippen molar-refractivity contribution in [3.63, 3.8) is 0 Å². The van der Waals surface area contributed by atoms with E-state index in [1.165, 1.54) is 31.2 Å². The van der Waals surface area contributed by atoms with Crippen molar-refractivity contribution in [1.29, 1.82) is 0 Å². The van der Waals surface area contributed by atoms with Crippen molar-refractivity contribution in [3.05, 3.63) is 35.9 Å².